The number of halogens is 1. The van der Waals surface area contributed by atoms with Crippen LogP contribution in [-0.2, 0) is 9.53 Å². The van der Waals surface area contributed by atoms with Gasteiger partial charge in [0, 0.05) is 5.41 Å². The van der Waals surface area contributed by atoms with E-state index in [0.29, 0.717) is 0 Å². The maximum absolute atomic E-state index is 12.6. The third-order valence-electron chi connectivity index (χ3n) is 1.48. The maximum Gasteiger partial charge on any atom is 0.341 e. The maximum atomic E-state index is 12.6. The quantitative estimate of drug-likeness (QED) is 0.458. The van der Waals surface area contributed by atoms with Crippen LogP contribution in [0.5, 0.6) is 0 Å². The molecular weight excluding hydrogens is 123 g/mol. The van der Waals surface area contributed by atoms with Gasteiger partial charge in [0.15, 0.2) is 0 Å². The van der Waals surface area contributed by atoms with Crippen molar-refractivity contribution < 1.29 is 13.9 Å². The molecule has 2 nitrogen and oxygen atoms in total. The van der Waals surface area contributed by atoms with Gasteiger partial charge >= 0.3 is 5.97 Å². The van der Waals surface area contributed by atoms with E-state index in [1.807, 2.05) is 0 Å². The van der Waals surface area contributed by atoms with E-state index in [9.17, 15) is 9.18 Å². The van der Waals surface area contributed by atoms with E-state index in [1.54, 1.807) is 13.8 Å². The third kappa shape index (κ3) is 0.910. The van der Waals surface area contributed by atoms with Gasteiger partial charge in [-0.3, -0.25) is 0 Å². The number of rotatable bonds is 0. The van der Waals surface area contributed by atoms with Crippen LogP contribution in [0.15, 0.2) is 0 Å². The van der Waals surface area contributed by atoms with Crippen LogP contribution in [0.25, 0.3) is 0 Å². The molecule has 0 N–H and O–H groups in total. The topological polar surface area (TPSA) is 26.3 Å². The summed E-state index contributed by atoms with van der Waals surface area (Å²) in [6.07, 6.45) is -1.43. The SMILES string of the molecule is CC1(C)COC(=O)C1F. The second kappa shape index (κ2) is 1.69. The summed E-state index contributed by atoms with van der Waals surface area (Å²) in [6.45, 7) is 3.54. The van der Waals surface area contributed by atoms with Crippen molar-refractivity contribution in [3.05, 3.63) is 0 Å². The van der Waals surface area contributed by atoms with Crippen LogP contribution in [0.4, 0.5) is 4.39 Å². The van der Waals surface area contributed by atoms with Crippen molar-refractivity contribution in [2.75, 3.05) is 6.61 Å². The van der Waals surface area contributed by atoms with Gasteiger partial charge < -0.3 is 4.74 Å². The Kier molecular flexibility index (Phi) is 1.22. The summed E-state index contributed by atoms with van der Waals surface area (Å²) in [5.41, 5.74) is -0.614. The molecule has 52 valence electrons. The second-order valence-electron chi connectivity index (χ2n) is 2.96. The molecule has 0 aromatic carbocycles. The lowest BCUT2D eigenvalue weighted by Gasteiger charge is -2.13. The van der Waals surface area contributed by atoms with Crippen LogP contribution >= 0.6 is 0 Å². The zero-order valence-corrected chi connectivity index (χ0v) is 5.48. The Morgan fingerprint density at radius 1 is 1.78 bits per heavy atom. The van der Waals surface area contributed by atoms with E-state index >= 15 is 0 Å². The lowest BCUT2D eigenvalue weighted by atomic mass is 9.91. The fourth-order valence-corrected chi connectivity index (χ4v) is 0.722. The van der Waals surface area contributed by atoms with Crippen LogP contribution in [0.1, 0.15) is 13.8 Å². The number of cyclic esters (lactones) is 1. The summed E-state index contributed by atoms with van der Waals surface area (Å²) >= 11 is 0. The lowest BCUT2D eigenvalue weighted by molar-refractivity contribution is -0.142. The smallest absolute Gasteiger partial charge is 0.341 e. The molecule has 1 rings (SSSR count). The monoisotopic (exact) mass is 132 g/mol. The molecule has 1 atom stereocenters. The zero-order valence-electron chi connectivity index (χ0n) is 5.48. The number of hydrogen-bond donors (Lipinski definition) is 0. The van der Waals surface area contributed by atoms with Crippen molar-refractivity contribution in [3.8, 4) is 0 Å². The van der Waals surface area contributed by atoms with E-state index in [4.69, 9.17) is 0 Å². The summed E-state index contributed by atoms with van der Waals surface area (Å²) in [6, 6.07) is 0. The van der Waals surface area contributed by atoms with Gasteiger partial charge in [-0.1, -0.05) is 13.8 Å². The Balaban J connectivity index is 2.73. The Labute approximate surface area is 53.0 Å². The average Bonchev–Trinajstić information content (AvgIpc) is 1.97. The fraction of sp³-hybridized carbons (Fsp3) is 0.833. The van der Waals surface area contributed by atoms with Crippen LogP contribution in [0.3, 0.4) is 0 Å². The number of alkyl halides is 1. The van der Waals surface area contributed by atoms with Crippen LogP contribution in [0.2, 0.25) is 0 Å². The van der Waals surface area contributed by atoms with E-state index < -0.39 is 17.6 Å². The second-order valence-corrected chi connectivity index (χ2v) is 2.96. The molecule has 0 aromatic heterocycles. The highest BCUT2D eigenvalue weighted by molar-refractivity contribution is 5.77. The molecule has 1 saturated heterocycles. The first kappa shape index (κ1) is 6.52. The van der Waals surface area contributed by atoms with E-state index in [1.165, 1.54) is 0 Å². The van der Waals surface area contributed by atoms with E-state index in [-0.39, 0.29) is 6.61 Å². The van der Waals surface area contributed by atoms with Crippen molar-refractivity contribution in [1.29, 1.82) is 0 Å². The molecule has 9 heavy (non-hydrogen) atoms. The number of carbonyl (C=O) groups is 1. The molecule has 0 saturated carbocycles. The van der Waals surface area contributed by atoms with Crippen LogP contribution in [-0.4, -0.2) is 18.7 Å². The molecule has 1 aliphatic heterocycles. The van der Waals surface area contributed by atoms with Gasteiger partial charge in [0.25, 0.3) is 0 Å². The van der Waals surface area contributed by atoms with Gasteiger partial charge in [-0.25, -0.2) is 9.18 Å². The Hall–Kier alpha value is -0.600. The van der Waals surface area contributed by atoms with E-state index in [2.05, 4.69) is 4.74 Å². The molecule has 0 aromatic rings. The molecule has 1 heterocycles. The largest absolute Gasteiger partial charge is 0.463 e. The molecule has 0 aliphatic carbocycles. The van der Waals surface area contributed by atoms with Crippen molar-refractivity contribution in [2.24, 2.45) is 5.41 Å². The zero-order chi connectivity index (χ0) is 7.07. The highest BCUT2D eigenvalue weighted by atomic mass is 19.1. The van der Waals surface area contributed by atoms with Gasteiger partial charge in [0.2, 0.25) is 6.17 Å². The molecular formula is C6H9FO2. The molecule has 0 amide bonds. The normalized spacial score (nSPS) is 32.3. The van der Waals surface area contributed by atoms with Gasteiger partial charge in [0.05, 0.1) is 6.61 Å². The standard InChI is InChI=1S/C6H9FO2/c1-6(2)3-9-5(8)4(6)7/h4H,3H2,1-2H3. The van der Waals surface area contributed by atoms with Crippen molar-refractivity contribution in [2.45, 2.75) is 20.0 Å². The fourth-order valence-electron chi connectivity index (χ4n) is 0.722. The van der Waals surface area contributed by atoms with Gasteiger partial charge in [-0.15, -0.1) is 0 Å². The molecule has 0 bridgehead atoms. The van der Waals surface area contributed by atoms with E-state index in [0.717, 1.165) is 0 Å². The minimum Gasteiger partial charge on any atom is -0.463 e. The number of ether oxygens (including phenoxy) is 1. The predicted molar refractivity (Wildman–Crippen MR) is 29.6 cm³/mol. The molecule has 1 unspecified atom stereocenters. The van der Waals surface area contributed by atoms with Crippen molar-refractivity contribution in [1.82, 2.24) is 0 Å². The molecule has 0 radical (unpaired) electrons. The van der Waals surface area contributed by atoms with Gasteiger partial charge in [-0.05, 0) is 0 Å². The Bertz CT molecular complexity index is 142. The minimum absolute atomic E-state index is 0.201. The van der Waals surface area contributed by atoms with Crippen LogP contribution in [0, 0.1) is 5.41 Å². The molecule has 3 heteroatoms. The number of hydrogen-bond acceptors (Lipinski definition) is 2. The molecule has 1 fully saturated rings. The summed E-state index contributed by atoms with van der Waals surface area (Å²) in [5.74, 6) is -0.722. The first-order valence-electron chi connectivity index (χ1n) is 2.85. The van der Waals surface area contributed by atoms with Crippen molar-refractivity contribution in [3.63, 3.8) is 0 Å². The first-order chi connectivity index (χ1) is 4.04. The molecule has 0 spiro atoms. The summed E-state index contributed by atoms with van der Waals surface area (Å²) in [7, 11) is 0. The number of carbonyl (C=O) groups excluding carboxylic acids is 1. The average molecular weight is 132 g/mol. The minimum atomic E-state index is -1.43. The molecule has 1 aliphatic rings. The Morgan fingerprint density at radius 2 is 2.33 bits per heavy atom. The van der Waals surface area contributed by atoms with Gasteiger partial charge in [0.1, 0.15) is 0 Å². The van der Waals surface area contributed by atoms with Gasteiger partial charge in [-0.2, -0.15) is 0 Å². The highest BCUT2D eigenvalue weighted by Gasteiger charge is 2.43. The van der Waals surface area contributed by atoms with Crippen LogP contribution < -0.4 is 0 Å². The Morgan fingerprint density at radius 3 is 2.44 bits per heavy atom. The lowest BCUT2D eigenvalue weighted by Crippen LogP contribution is -2.25. The summed E-state index contributed by atoms with van der Waals surface area (Å²) < 4.78 is 17.1. The first-order valence-corrected chi connectivity index (χ1v) is 2.85. The predicted octanol–water partition coefficient (Wildman–Crippen LogP) is 0.908. The highest BCUT2D eigenvalue weighted by Crippen LogP contribution is 2.30. The third-order valence-corrected chi connectivity index (χ3v) is 1.48. The summed E-state index contributed by atoms with van der Waals surface area (Å²) in [4.78, 5) is 10.4. The number of esters is 1. The van der Waals surface area contributed by atoms with Crippen molar-refractivity contribution >= 4 is 5.97 Å². The summed E-state index contributed by atoms with van der Waals surface area (Å²) in [5, 5.41) is 0.